The third kappa shape index (κ3) is 5.24. The molecule has 0 aromatic carbocycles. The lowest BCUT2D eigenvalue weighted by atomic mass is 9.96. The molecule has 2 aromatic rings. The summed E-state index contributed by atoms with van der Waals surface area (Å²) < 4.78 is 15.6. The maximum Gasteiger partial charge on any atom is 0.325 e. The van der Waals surface area contributed by atoms with E-state index in [1.54, 1.807) is 12.3 Å². The molecule has 1 saturated heterocycles. The van der Waals surface area contributed by atoms with E-state index in [2.05, 4.69) is 22.4 Å². The Labute approximate surface area is 201 Å². The molecular formula is C27H35FN4O2. The number of carboxylic acid groups (broad SMARTS) is 1. The molecule has 0 spiro atoms. The first-order valence-corrected chi connectivity index (χ1v) is 12.9. The Hall–Kier alpha value is -2.54. The number of pyridine rings is 2. The second kappa shape index (κ2) is 9.98. The highest BCUT2D eigenvalue weighted by Crippen LogP contribution is 2.44. The van der Waals surface area contributed by atoms with E-state index >= 15 is 4.39 Å². The summed E-state index contributed by atoms with van der Waals surface area (Å²) >= 11 is 0. The Morgan fingerprint density at radius 2 is 2.15 bits per heavy atom. The highest BCUT2D eigenvalue weighted by Gasteiger charge is 2.44. The molecule has 2 atom stereocenters. The maximum absolute atomic E-state index is 15.6. The van der Waals surface area contributed by atoms with Gasteiger partial charge in [-0.3, -0.25) is 14.7 Å². The number of nitrogens with one attached hydrogen (secondary N) is 1. The van der Waals surface area contributed by atoms with Crippen LogP contribution >= 0.6 is 0 Å². The summed E-state index contributed by atoms with van der Waals surface area (Å²) in [6.45, 7) is 1.64. The molecule has 34 heavy (non-hydrogen) atoms. The van der Waals surface area contributed by atoms with Crippen LogP contribution < -0.4 is 5.32 Å². The standard InChI is InChI=1S/C27H35FN4O2/c28-27(13-3-1-2-7-21-12-11-20-6-4-16-30-25(20)31-21)14-17-32(18-27)24(26(33)34)22-8-5-15-29-23(22)19-9-10-19/h5,8,11-12,15,19,24H,1-4,6-7,9-10,13-14,16-18H2,(H,30,31)(H,33,34)/t24-,27-/m1/s1. The molecule has 0 radical (unpaired) electrons. The number of unbranched alkanes of at least 4 members (excludes halogenated alkanes) is 2. The number of hydrogen-bond donors (Lipinski definition) is 2. The lowest BCUT2D eigenvalue weighted by Crippen LogP contribution is -2.36. The van der Waals surface area contributed by atoms with Crippen LogP contribution in [0.2, 0.25) is 0 Å². The van der Waals surface area contributed by atoms with E-state index in [9.17, 15) is 9.90 Å². The highest BCUT2D eigenvalue weighted by molar-refractivity contribution is 5.76. The molecule has 5 rings (SSSR count). The quantitative estimate of drug-likeness (QED) is 0.477. The van der Waals surface area contributed by atoms with Crippen molar-refractivity contribution in [1.82, 2.24) is 14.9 Å². The summed E-state index contributed by atoms with van der Waals surface area (Å²) in [7, 11) is 0. The SMILES string of the molecule is O=C(O)[C@@H](c1cccnc1C1CC1)N1CC[C@](F)(CCCCCc2ccc3c(n2)NCCC3)C1. The van der Waals surface area contributed by atoms with Crippen LogP contribution in [0.25, 0.3) is 0 Å². The van der Waals surface area contributed by atoms with Gasteiger partial charge in [0.15, 0.2) is 0 Å². The summed E-state index contributed by atoms with van der Waals surface area (Å²) in [5, 5.41) is 13.4. The summed E-state index contributed by atoms with van der Waals surface area (Å²) in [6, 6.07) is 7.15. The molecule has 182 valence electrons. The number of aromatic nitrogens is 2. The van der Waals surface area contributed by atoms with Crippen molar-refractivity contribution in [3.05, 3.63) is 53.0 Å². The van der Waals surface area contributed by atoms with Crippen molar-refractivity contribution in [3.8, 4) is 0 Å². The molecule has 4 heterocycles. The summed E-state index contributed by atoms with van der Waals surface area (Å²) in [5.41, 5.74) is 2.72. The number of hydrogen-bond acceptors (Lipinski definition) is 5. The molecule has 0 unspecified atom stereocenters. The van der Waals surface area contributed by atoms with Crippen LogP contribution in [0.3, 0.4) is 0 Å². The Balaban J connectivity index is 1.12. The fourth-order valence-electron chi connectivity index (χ4n) is 5.57. The molecule has 6 nitrogen and oxygen atoms in total. The first kappa shape index (κ1) is 23.2. The molecule has 2 aliphatic heterocycles. The number of aryl methyl sites for hydroxylation is 2. The number of aliphatic carboxylic acids is 1. The number of likely N-dealkylation sites (tertiary alicyclic amines) is 1. The van der Waals surface area contributed by atoms with Crippen molar-refractivity contribution in [2.75, 3.05) is 25.0 Å². The van der Waals surface area contributed by atoms with Gasteiger partial charge in [-0.1, -0.05) is 25.0 Å². The normalized spacial score (nSPS) is 23.3. The van der Waals surface area contributed by atoms with E-state index in [1.807, 2.05) is 11.0 Å². The smallest absolute Gasteiger partial charge is 0.325 e. The van der Waals surface area contributed by atoms with Gasteiger partial charge in [-0.25, -0.2) is 9.37 Å². The second-order valence-electron chi connectivity index (χ2n) is 10.3. The van der Waals surface area contributed by atoms with Gasteiger partial charge >= 0.3 is 5.97 Å². The molecule has 1 saturated carbocycles. The van der Waals surface area contributed by atoms with Gasteiger partial charge in [-0.05, 0) is 69.1 Å². The van der Waals surface area contributed by atoms with Gasteiger partial charge in [0.2, 0.25) is 0 Å². The number of nitrogens with zero attached hydrogens (tertiary/aromatic N) is 3. The van der Waals surface area contributed by atoms with E-state index in [1.165, 1.54) is 5.56 Å². The number of halogens is 1. The van der Waals surface area contributed by atoms with Gasteiger partial charge in [0.1, 0.15) is 17.5 Å². The van der Waals surface area contributed by atoms with Crippen molar-refractivity contribution in [3.63, 3.8) is 0 Å². The van der Waals surface area contributed by atoms with Crippen molar-refractivity contribution in [2.24, 2.45) is 0 Å². The number of carbonyl (C=O) groups is 1. The lowest BCUT2D eigenvalue weighted by molar-refractivity contribution is -0.143. The van der Waals surface area contributed by atoms with E-state index in [4.69, 9.17) is 4.98 Å². The lowest BCUT2D eigenvalue weighted by Gasteiger charge is -2.27. The number of anilines is 1. The monoisotopic (exact) mass is 466 g/mol. The van der Waals surface area contributed by atoms with Crippen molar-refractivity contribution >= 4 is 11.8 Å². The van der Waals surface area contributed by atoms with Crippen LogP contribution in [0.5, 0.6) is 0 Å². The minimum Gasteiger partial charge on any atom is -0.480 e. The fourth-order valence-corrected chi connectivity index (χ4v) is 5.57. The Bertz CT molecular complexity index is 1030. The Morgan fingerprint density at radius 1 is 1.26 bits per heavy atom. The zero-order valence-electron chi connectivity index (χ0n) is 19.8. The predicted octanol–water partition coefficient (Wildman–Crippen LogP) is 5.05. The second-order valence-corrected chi connectivity index (χ2v) is 10.3. The van der Waals surface area contributed by atoms with Gasteiger partial charge in [0.25, 0.3) is 0 Å². The van der Waals surface area contributed by atoms with Crippen molar-refractivity contribution in [2.45, 2.75) is 81.8 Å². The van der Waals surface area contributed by atoms with Crippen LogP contribution in [-0.2, 0) is 17.6 Å². The summed E-state index contributed by atoms with van der Waals surface area (Å²) in [4.78, 5) is 23.3. The predicted molar refractivity (Wildman–Crippen MR) is 130 cm³/mol. The van der Waals surface area contributed by atoms with Crippen LogP contribution in [-0.4, -0.2) is 51.2 Å². The molecule has 3 aliphatic rings. The molecule has 2 fully saturated rings. The Kier molecular flexibility index (Phi) is 6.82. The molecule has 2 N–H and O–H groups in total. The highest BCUT2D eigenvalue weighted by atomic mass is 19.1. The zero-order valence-corrected chi connectivity index (χ0v) is 19.8. The van der Waals surface area contributed by atoms with Crippen LogP contribution in [0.15, 0.2) is 30.5 Å². The molecule has 0 bridgehead atoms. The summed E-state index contributed by atoms with van der Waals surface area (Å²) in [5.74, 6) is 0.478. The topological polar surface area (TPSA) is 78.3 Å². The van der Waals surface area contributed by atoms with Gasteiger partial charge in [-0.2, -0.15) is 0 Å². The minimum absolute atomic E-state index is 0.182. The van der Waals surface area contributed by atoms with Gasteiger partial charge < -0.3 is 10.4 Å². The van der Waals surface area contributed by atoms with Crippen LogP contribution in [0.4, 0.5) is 10.2 Å². The van der Waals surface area contributed by atoms with Gasteiger partial charge in [-0.15, -0.1) is 0 Å². The number of fused-ring (bicyclic) bond motifs is 1. The van der Waals surface area contributed by atoms with Gasteiger partial charge in [0.05, 0.1) is 0 Å². The largest absolute Gasteiger partial charge is 0.480 e. The summed E-state index contributed by atoms with van der Waals surface area (Å²) in [6.07, 6.45) is 10.6. The first-order valence-electron chi connectivity index (χ1n) is 12.9. The van der Waals surface area contributed by atoms with Crippen molar-refractivity contribution in [1.29, 1.82) is 0 Å². The van der Waals surface area contributed by atoms with Gasteiger partial charge in [0, 0.05) is 48.7 Å². The third-order valence-electron chi connectivity index (χ3n) is 7.57. The number of rotatable bonds is 10. The van der Waals surface area contributed by atoms with Crippen LogP contribution in [0, 0.1) is 0 Å². The van der Waals surface area contributed by atoms with E-state index in [-0.39, 0.29) is 6.54 Å². The first-order chi connectivity index (χ1) is 16.5. The Morgan fingerprint density at radius 3 is 2.97 bits per heavy atom. The fraction of sp³-hybridized carbons (Fsp3) is 0.593. The average Bonchev–Trinajstić information content (AvgIpc) is 3.61. The average molecular weight is 467 g/mol. The number of alkyl halides is 1. The van der Waals surface area contributed by atoms with E-state index in [0.29, 0.717) is 25.3 Å². The molecule has 7 heteroatoms. The van der Waals surface area contributed by atoms with E-state index in [0.717, 1.165) is 80.7 Å². The molecule has 2 aromatic heterocycles. The molecule has 0 amide bonds. The third-order valence-corrected chi connectivity index (χ3v) is 7.57. The van der Waals surface area contributed by atoms with E-state index < -0.39 is 17.7 Å². The maximum atomic E-state index is 15.6. The molecular weight excluding hydrogens is 431 g/mol. The van der Waals surface area contributed by atoms with Crippen LogP contribution in [0.1, 0.15) is 85.8 Å². The van der Waals surface area contributed by atoms with Crippen molar-refractivity contribution < 1.29 is 14.3 Å². The molecule has 1 aliphatic carbocycles. The number of carboxylic acids is 1. The zero-order chi connectivity index (χ0) is 23.5. The minimum atomic E-state index is -1.32.